The van der Waals surface area contributed by atoms with Crippen LogP contribution < -0.4 is 14.9 Å². The van der Waals surface area contributed by atoms with Crippen molar-refractivity contribution in [1.82, 2.24) is 0 Å². The smallest absolute Gasteiger partial charge is 0.238 e. The number of hydrogen-bond acceptors (Lipinski definition) is 6. The van der Waals surface area contributed by atoms with Crippen molar-refractivity contribution in [1.29, 1.82) is 0 Å². The van der Waals surface area contributed by atoms with E-state index < -0.39 is 24.9 Å². The summed E-state index contributed by atoms with van der Waals surface area (Å²) in [4.78, 5) is 22.2. The number of fused-ring (bicyclic) bond motifs is 1. The topological polar surface area (TPSA) is 106 Å². The molecule has 8 heteroatoms. The largest absolute Gasteiger partial charge is 0.502 e. The van der Waals surface area contributed by atoms with E-state index in [0.717, 1.165) is 0 Å². The third-order valence-electron chi connectivity index (χ3n) is 3.72. The fourth-order valence-corrected chi connectivity index (χ4v) is 2.97. The van der Waals surface area contributed by atoms with Crippen LogP contribution >= 0.6 is 7.37 Å². The first-order valence-corrected chi connectivity index (χ1v) is 10.5. The molecule has 2 aromatic carbocycles. The summed E-state index contributed by atoms with van der Waals surface area (Å²) in [6.07, 6.45) is -0.391. The first-order chi connectivity index (χ1) is 12.8. The minimum absolute atomic E-state index is 0.0241. The minimum atomic E-state index is -3.39. The second-order valence-corrected chi connectivity index (χ2v) is 8.39. The Morgan fingerprint density at radius 1 is 1.15 bits per heavy atom. The first kappa shape index (κ1) is 19.0. The first-order valence-electron chi connectivity index (χ1n) is 8.24. The van der Waals surface area contributed by atoms with E-state index in [4.69, 9.17) is 13.9 Å². The van der Waals surface area contributed by atoms with E-state index in [9.17, 15) is 19.4 Å². The lowest BCUT2D eigenvalue weighted by Gasteiger charge is -2.13. The molecule has 27 heavy (non-hydrogen) atoms. The number of benzene rings is 2. The third kappa shape index (κ3) is 4.15. The van der Waals surface area contributed by atoms with Crippen LogP contribution in [-0.4, -0.2) is 29.6 Å². The lowest BCUT2D eigenvalue weighted by atomic mass is 10.1. The minimum Gasteiger partial charge on any atom is -0.502 e. The molecule has 1 heterocycles. The summed E-state index contributed by atoms with van der Waals surface area (Å²) >= 11 is 0. The molecule has 0 aliphatic rings. The van der Waals surface area contributed by atoms with Crippen molar-refractivity contribution in [3.8, 4) is 28.6 Å². The molecule has 142 valence electrons. The van der Waals surface area contributed by atoms with Crippen molar-refractivity contribution >= 4 is 18.3 Å². The van der Waals surface area contributed by atoms with Crippen LogP contribution in [0.2, 0.25) is 0 Å². The Bertz CT molecular complexity index is 1070. The van der Waals surface area contributed by atoms with Crippen molar-refractivity contribution in [3.05, 3.63) is 52.7 Å². The van der Waals surface area contributed by atoms with Crippen LogP contribution in [0.1, 0.15) is 6.92 Å². The summed E-state index contributed by atoms with van der Waals surface area (Å²) in [7, 11) is -3.39. The summed E-state index contributed by atoms with van der Waals surface area (Å²) in [5, 5.41) is 10.4. The molecular formula is C19H19O7P. The van der Waals surface area contributed by atoms with Gasteiger partial charge in [0.25, 0.3) is 0 Å². The fourth-order valence-electron chi connectivity index (χ4n) is 2.58. The highest BCUT2D eigenvalue weighted by molar-refractivity contribution is 7.56. The number of ether oxygens (including phenoxy) is 2. The van der Waals surface area contributed by atoms with Gasteiger partial charge in [0.05, 0.1) is 6.61 Å². The van der Waals surface area contributed by atoms with E-state index in [2.05, 4.69) is 0 Å². The van der Waals surface area contributed by atoms with E-state index in [1.807, 2.05) is 0 Å². The van der Waals surface area contributed by atoms with E-state index in [1.54, 1.807) is 37.3 Å². The normalized spacial score (nSPS) is 13.3. The molecule has 3 aromatic rings. The van der Waals surface area contributed by atoms with Gasteiger partial charge >= 0.3 is 0 Å². The molecule has 1 unspecified atom stereocenters. The van der Waals surface area contributed by atoms with Gasteiger partial charge in [-0.25, -0.2) is 0 Å². The maximum atomic E-state index is 12.7. The second-order valence-electron chi connectivity index (χ2n) is 6.03. The van der Waals surface area contributed by atoms with Gasteiger partial charge in [-0.3, -0.25) is 9.36 Å². The van der Waals surface area contributed by atoms with E-state index in [-0.39, 0.29) is 34.8 Å². The number of rotatable bonds is 6. The highest BCUT2D eigenvalue weighted by Crippen LogP contribution is 2.39. The van der Waals surface area contributed by atoms with Gasteiger partial charge in [0.1, 0.15) is 22.5 Å². The van der Waals surface area contributed by atoms with Crippen LogP contribution in [0.4, 0.5) is 0 Å². The molecule has 1 atom stereocenters. The molecule has 0 saturated heterocycles. The molecule has 0 fully saturated rings. The van der Waals surface area contributed by atoms with Crippen molar-refractivity contribution in [3.63, 3.8) is 0 Å². The molecular weight excluding hydrogens is 371 g/mol. The standard InChI is InChI=1S/C19H19O7P/c1-3-24-14-9-13(25-11-27(2,22)23)10-15-16(14)17(20)18(21)19(26-15)12-7-5-4-6-8-12/h4-10,21H,3,11H2,1-2H3,(H,22,23). The zero-order valence-electron chi connectivity index (χ0n) is 14.8. The molecule has 0 amide bonds. The quantitative estimate of drug-likeness (QED) is 0.617. The Balaban J connectivity index is 2.21. The molecule has 0 spiro atoms. The molecule has 3 rings (SSSR count). The lowest BCUT2D eigenvalue weighted by molar-refractivity contribution is 0.331. The summed E-state index contributed by atoms with van der Waals surface area (Å²) in [6.45, 7) is 3.20. The van der Waals surface area contributed by atoms with Gasteiger partial charge < -0.3 is 23.9 Å². The van der Waals surface area contributed by atoms with Crippen molar-refractivity contribution in [2.24, 2.45) is 0 Å². The molecule has 0 radical (unpaired) electrons. The van der Waals surface area contributed by atoms with Crippen molar-refractivity contribution in [2.45, 2.75) is 6.92 Å². The summed E-state index contributed by atoms with van der Waals surface area (Å²) in [6, 6.07) is 11.6. The molecule has 0 aliphatic heterocycles. The van der Waals surface area contributed by atoms with Gasteiger partial charge in [0.2, 0.25) is 18.5 Å². The van der Waals surface area contributed by atoms with Gasteiger partial charge in [0, 0.05) is 24.4 Å². The van der Waals surface area contributed by atoms with Gasteiger partial charge in [-0.2, -0.15) is 0 Å². The Morgan fingerprint density at radius 2 is 1.85 bits per heavy atom. The molecule has 1 aromatic heterocycles. The fraction of sp³-hybridized carbons (Fsp3) is 0.211. The average molecular weight is 390 g/mol. The Labute approximate surface area is 155 Å². The van der Waals surface area contributed by atoms with Crippen LogP contribution in [0.5, 0.6) is 17.2 Å². The Hall–Kier alpha value is -2.76. The maximum Gasteiger partial charge on any atom is 0.238 e. The Kier molecular flexibility index (Phi) is 5.26. The van der Waals surface area contributed by atoms with Crippen LogP contribution in [0.25, 0.3) is 22.3 Å². The van der Waals surface area contributed by atoms with E-state index in [0.29, 0.717) is 5.56 Å². The number of aromatic hydroxyl groups is 1. The SMILES string of the molecule is CCOc1cc(OCP(C)(=O)O)cc2oc(-c3ccccc3)c(O)c(=O)c12. The molecule has 7 nitrogen and oxygen atoms in total. The van der Waals surface area contributed by atoms with Crippen molar-refractivity contribution in [2.75, 3.05) is 19.6 Å². The van der Waals surface area contributed by atoms with Gasteiger partial charge in [-0.1, -0.05) is 30.3 Å². The van der Waals surface area contributed by atoms with Crippen LogP contribution in [-0.2, 0) is 4.57 Å². The van der Waals surface area contributed by atoms with E-state index in [1.165, 1.54) is 18.8 Å². The van der Waals surface area contributed by atoms with Crippen molar-refractivity contribution < 1.29 is 28.5 Å². The molecule has 0 saturated carbocycles. The summed E-state index contributed by atoms with van der Waals surface area (Å²) < 4.78 is 28.1. The Morgan fingerprint density at radius 3 is 2.48 bits per heavy atom. The molecule has 0 aliphatic carbocycles. The van der Waals surface area contributed by atoms with Crippen LogP contribution in [0, 0.1) is 0 Å². The van der Waals surface area contributed by atoms with Crippen LogP contribution in [0.3, 0.4) is 0 Å². The maximum absolute atomic E-state index is 12.7. The lowest BCUT2D eigenvalue weighted by Crippen LogP contribution is -2.07. The zero-order chi connectivity index (χ0) is 19.6. The van der Waals surface area contributed by atoms with Gasteiger partial charge in [-0.15, -0.1) is 0 Å². The van der Waals surface area contributed by atoms with Crippen LogP contribution in [0.15, 0.2) is 51.7 Å². The molecule has 2 N–H and O–H groups in total. The van der Waals surface area contributed by atoms with Gasteiger partial charge in [-0.05, 0) is 6.92 Å². The van der Waals surface area contributed by atoms with Gasteiger partial charge in [0.15, 0.2) is 12.1 Å². The second kappa shape index (κ2) is 7.47. The summed E-state index contributed by atoms with van der Waals surface area (Å²) in [5.74, 6) is -0.111. The average Bonchev–Trinajstić information content (AvgIpc) is 2.63. The highest BCUT2D eigenvalue weighted by Gasteiger charge is 2.20. The molecule has 0 bridgehead atoms. The highest BCUT2D eigenvalue weighted by atomic mass is 31.2. The predicted molar refractivity (Wildman–Crippen MR) is 102 cm³/mol. The zero-order valence-corrected chi connectivity index (χ0v) is 15.7. The predicted octanol–water partition coefficient (Wildman–Crippen LogP) is 3.80. The van der Waals surface area contributed by atoms with E-state index >= 15 is 0 Å². The summed E-state index contributed by atoms with van der Waals surface area (Å²) in [5.41, 5.74) is 0.0431. The monoisotopic (exact) mass is 390 g/mol. The number of hydrogen-bond donors (Lipinski definition) is 2. The third-order valence-corrected chi connectivity index (χ3v) is 4.32.